The Morgan fingerprint density at radius 2 is 1.92 bits per heavy atom. The Balaban J connectivity index is 1.45. The Hall–Kier alpha value is -3.49. The van der Waals surface area contributed by atoms with Crippen LogP contribution in [0, 0.1) is 17.7 Å². The zero-order valence-electron chi connectivity index (χ0n) is 20.6. The van der Waals surface area contributed by atoms with Crippen LogP contribution in [0.3, 0.4) is 0 Å². The highest BCUT2D eigenvalue weighted by Gasteiger charge is 2.45. The van der Waals surface area contributed by atoms with Gasteiger partial charge in [-0.3, -0.25) is 14.4 Å². The van der Waals surface area contributed by atoms with Crippen molar-refractivity contribution in [2.75, 3.05) is 19.0 Å². The number of aliphatic carboxylic acids is 1. The predicted octanol–water partition coefficient (Wildman–Crippen LogP) is 3.63. The lowest BCUT2D eigenvalue weighted by Gasteiger charge is -2.41. The van der Waals surface area contributed by atoms with E-state index in [2.05, 4.69) is 10.3 Å². The first kappa shape index (κ1) is 24.2. The fourth-order valence-electron chi connectivity index (χ4n) is 5.83. The maximum Gasteiger partial charge on any atom is 0.306 e. The summed E-state index contributed by atoms with van der Waals surface area (Å²) < 4.78 is 20.3. The monoisotopic (exact) mass is 495 g/mol. The number of carboxylic acids is 1. The van der Waals surface area contributed by atoms with E-state index in [4.69, 9.17) is 4.74 Å². The summed E-state index contributed by atoms with van der Waals surface area (Å²) in [5.74, 6) is -2.50. The van der Waals surface area contributed by atoms with Gasteiger partial charge in [-0.1, -0.05) is 13.8 Å². The first-order valence-electron chi connectivity index (χ1n) is 12.3. The highest BCUT2D eigenvalue weighted by molar-refractivity contribution is 5.99. The number of aromatic nitrogens is 1. The number of amides is 2. The molecule has 1 atom stereocenters. The number of methoxy groups -OCH3 is 1. The molecule has 190 valence electrons. The van der Waals surface area contributed by atoms with Gasteiger partial charge >= 0.3 is 5.97 Å². The van der Waals surface area contributed by atoms with Gasteiger partial charge in [0.2, 0.25) is 11.8 Å². The molecular formula is C27H30FN3O5. The Bertz CT molecular complexity index is 1250. The SMILES string of the molecule is COc1ccc2c(n1)CCN(C(=O)C1CC(C(=O)O)C1)[C@@H]2C(=O)Nc1cc(F)c2c(c1)CCC2(C)C. The van der Waals surface area contributed by atoms with Crippen LogP contribution < -0.4 is 10.1 Å². The molecule has 9 heteroatoms. The molecule has 0 spiro atoms. The second-order valence-corrected chi connectivity index (χ2v) is 10.6. The number of halogens is 1. The van der Waals surface area contributed by atoms with Crippen molar-refractivity contribution >= 4 is 23.5 Å². The van der Waals surface area contributed by atoms with E-state index >= 15 is 4.39 Å². The molecule has 2 amide bonds. The van der Waals surface area contributed by atoms with Crippen molar-refractivity contribution in [3.8, 4) is 5.88 Å². The van der Waals surface area contributed by atoms with Crippen molar-refractivity contribution in [2.45, 2.75) is 57.4 Å². The number of hydrogen-bond acceptors (Lipinski definition) is 5. The number of fused-ring (bicyclic) bond motifs is 2. The van der Waals surface area contributed by atoms with Gasteiger partial charge in [0.25, 0.3) is 5.91 Å². The molecule has 1 saturated carbocycles. The maximum atomic E-state index is 15.0. The number of aryl methyl sites for hydroxylation is 1. The van der Waals surface area contributed by atoms with Crippen LogP contribution in [0.5, 0.6) is 5.88 Å². The van der Waals surface area contributed by atoms with Gasteiger partial charge in [-0.15, -0.1) is 0 Å². The van der Waals surface area contributed by atoms with Crippen LogP contribution in [0.1, 0.15) is 61.5 Å². The first-order chi connectivity index (χ1) is 17.1. The van der Waals surface area contributed by atoms with Crippen molar-refractivity contribution in [3.63, 3.8) is 0 Å². The lowest BCUT2D eigenvalue weighted by atomic mass is 9.73. The van der Waals surface area contributed by atoms with Crippen LogP contribution >= 0.6 is 0 Å². The molecule has 1 aromatic heterocycles. The number of nitrogens with zero attached hydrogens (tertiary/aromatic N) is 2. The highest BCUT2D eigenvalue weighted by atomic mass is 19.1. The fourth-order valence-corrected chi connectivity index (χ4v) is 5.83. The third kappa shape index (κ3) is 4.10. The summed E-state index contributed by atoms with van der Waals surface area (Å²) in [6.07, 6.45) is 2.54. The number of ether oxygens (including phenoxy) is 1. The summed E-state index contributed by atoms with van der Waals surface area (Å²) in [6, 6.07) is 5.58. The minimum absolute atomic E-state index is 0.240. The van der Waals surface area contributed by atoms with Crippen molar-refractivity contribution in [2.24, 2.45) is 11.8 Å². The van der Waals surface area contributed by atoms with E-state index in [1.807, 2.05) is 19.9 Å². The Morgan fingerprint density at radius 3 is 2.61 bits per heavy atom. The zero-order valence-corrected chi connectivity index (χ0v) is 20.6. The number of nitrogens with one attached hydrogen (secondary N) is 1. The third-order valence-corrected chi connectivity index (χ3v) is 7.89. The number of carboxylic acid groups (broad SMARTS) is 1. The van der Waals surface area contributed by atoms with E-state index in [1.54, 1.807) is 12.1 Å². The molecule has 8 nitrogen and oxygen atoms in total. The summed E-state index contributed by atoms with van der Waals surface area (Å²) in [6.45, 7) is 4.30. The summed E-state index contributed by atoms with van der Waals surface area (Å²) in [5, 5.41) is 12.0. The summed E-state index contributed by atoms with van der Waals surface area (Å²) in [5.41, 5.74) is 2.92. The number of carbonyl (C=O) groups is 3. The molecule has 2 heterocycles. The molecule has 0 unspecified atom stereocenters. The number of pyridine rings is 1. The smallest absolute Gasteiger partial charge is 0.306 e. The van der Waals surface area contributed by atoms with E-state index in [0.29, 0.717) is 34.8 Å². The maximum absolute atomic E-state index is 15.0. The number of rotatable bonds is 5. The molecule has 0 saturated heterocycles. The average Bonchev–Trinajstić information content (AvgIpc) is 3.11. The van der Waals surface area contributed by atoms with E-state index < -0.39 is 29.8 Å². The number of benzene rings is 1. The lowest BCUT2D eigenvalue weighted by molar-refractivity contribution is -0.154. The summed E-state index contributed by atoms with van der Waals surface area (Å²) in [7, 11) is 1.51. The van der Waals surface area contributed by atoms with E-state index in [-0.39, 0.29) is 36.5 Å². The van der Waals surface area contributed by atoms with Gasteiger partial charge < -0.3 is 20.1 Å². The van der Waals surface area contributed by atoms with Crippen LogP contribution in [0.4, 0.5) is 10.1 Å². The molecule has 2 aromatic rings. The third-order valence-electron chi connectivity index (χ3n) is 7.89. The molecule has 2 N–H and O–H groups in total. The van der Waals surface area contributed by atoms with Crippen LogP contribution in [-0.4, -0.2) is 46.4 Å². The minimum Gasteiger partial charge on any atom is -0.481 e. The molecule has 5 rings (SSSR count). The largest absolute Gasteiger partial charge is 0.481 e. The van der Waals surface area contributed by atoms with Gasteiger partial charge in [-0.2, -0.15) is 0 Å². The van der Waals surface area contributed by atoms with E-state index in [9.17, 15) is 19.5 Å². The molecule has 3 aliphatic rings. The van der Waals surface area contributed by atoms with E-state index in [1.165, 1.54) is 18.1 Å². The minimum atomic E-state index is -0.962. The van der Waals surface area contributed by atoms with Crippen LogP contribution in [0.15, 0.2) is 24.3 Å². The standard InChI is InChI=1S/C27H30FN3O5/c1-27(2)8-6-14-12-17(13-19(28)22(14)27)29-24(32)23-18-4-5-21(36-3)30-20(18)7-9-31(23)25(33)15-10-16(11-15)26(34)35/h4-5,12-13,15-16,23H,6-11H2,1-3H3,(H,29,32)(H,34,35)/t15?,16?,23-/m0/s1. The molecule has 0 bridgehead atoms. The molecule has 2 aliphatic carbocycles. The van der Waals surface area contributed by atoms with Gasteiger partial charge in [0.05, 0.1) is 18.7 Å². The highest BCUT2D eigenvalue weighted by Crippen LogP contribution is 2.42. The Kier molecular flexibility index (Phi) is 5.97. The zero-order chi connectivity index (χ0) is 25.8. The molecular weight excluding hydrogens is 465 g/mol. The first-order valence-corrected chi connectivity index (χ1v) is 12.3. The lowest BCUT2D eigenvalue weighted by Crippen LogP contribution is -2.50. The van der Waals surface area contributed by atoms with Crippen LogP contribution in [-0.2, 0) is 32.6 Å². The van der Waals surface area contributed by atoms with Gasteiger partial charge in [0.1, 0.15) is 11.9 Å². The van der Waals surface area contributed by atoms with Crippen molar-refractivity contribution in [3.05, 3.63) is 52.5 Å². The van der Waals surface area contributed by atoms with Crippen molar-refractivity contribution < 1.29 is 28.6 Å². The second kappa shape index (κ2) is 8.87. The van der Waals surface area contributed by atoms with Gasteiger partial charge in [0.15, 0.2) is 0 Å². The quantitative estimate of drug-likeness (QED) is 0.656. The van der Waals surface area contributed by atoms with Crippen LogP contribution in [0.25, 0.3) is 0 Å². The molecule has 0 radical (unpaired) electrons. The molecule has 1 fully saturated rings. The average molecular weight is 496 g/mol. The van der Waals surface area contributed by atoms with Crippen LogP contribution in [0.2, 0.25) is 0 Å². The van der Waals surface area contributed by atoms with Crippen molar-refractivity contribution in [1.82, 2.24) is 9.88 Å². The normalized spacial score (nSPS) is 23.8. The number of carbonyl (C=O) groups excluding carboxylic acids is 2. The summed E-state index contributed by atoms with van der Waals surface area (Å²) >= 11 is 0. The Labute approximate surface area is 208 Å². The Morgan fingerprint density at radius 1 is 1.17 bits per heavy atom. The molecule has 1 aliphatic heterocycles. The fraction of sp³-hybridized carbons (Fsp3) is 0.481. The van der Waals surface area contributed by atoms with Gasteiger partial charge in [-0.25, -0.2) is 9.37 Å². The predicted molar refractivity (Wildman–Crippen MR) is 129 cm³/mol. The van der Waals surface area contributed by atoms with Crippen molar-refractivity contribution in [1.29, 1.82) is 0 Å². The summed E-state index contributed by atoms with van der Waals surface area (Å²) in [4.78, 5) is 44.3. The van der Waals surface area contributed by atoms with Gasteiger partial charge in [-0.05, 0) is 60.4 Å². The second-order valence-electron chi connectivity index (χ2n) is 10.6. The topological polar surface area (TPSA) is 109 Å². The number of hydrogen-bond donors (Lipinski definition) is 2. The van der Waals surface area contributed by atoms with E-state index in [0.717, 1.165) is 18.4 Å². The number of anilines is 1. The molecule has 1 aromatic carbocycles. The molecule has 36 heavy (non-hydrogen) atoms. The van der Waals surface area contributed by atoms with Gasteiger partial charge in [0, 0.05) is 36.2 Å².